The van der Waals surface area contributed by atoms with E-state index in [9.17, 15) is 9.18 Å². The van der Waals surface area contributed by atoms with Gasteiger partial charge in [0, 0.05) is 23.8 Å². The van der Waals surface area contributed by atoms with Gasteiger partial charge in [0.2, 0.25) is 5.88 Å². The van der Waals surface area contributed by atoms with Crippen molar-refractivity contribution < 1.29 is 13.9 Å². The van der Waals surface area contributed by atoms with Crippen LogP contribution < -0.4 is 10.1 Å². The lowest BCUT2D eigenvalue weighted by atomic mass is 10.1. The second-order valence-electron chi connectivity index (χ2n) is 4.34. The van der Waals surface area contributed by atoms with Gasteiger partial charge < -0.3 is 10.1 Å². The van der Waals surface area contributed by atoms with E-state index in [4.69, 9.17) is 16.3 Å². The summed E-state index contributed by atoms with van der Waals surface area (Å²) in [6.45, 7) is 0.383. The molecular formula is C15H14ClFN2O2. The summed E-state index contributed by atoms with van der Waals surface area (Å²) in [5.41, 5.74) is 0.949. The maximum absolute atomic E-state index is 13.6. The van der Waals surface area contributed by atoms with Gasteiger partial charge in [-0.2, -0.15) is 0 Å². The lowest BCUT2D eigenvalue weighted by molar-refractivity contribution is 0.0950. The molecule has 1 aromatic carbocycles. The zero-order valence-corrected chi connectivity index (χ0v) is 12.2. The summed E-state index contributed by atoms with van der Waals surface area (Å²) < 4.78 is 18.6. The molecule has 0 fully saturated rings. The molecule has 21 heavy (non-hydrogen) atoms. The molecule has 2 rings (SSSR count). The van der Waals surface area contributed by atoms with Crippen molar-refractivity contribution in [1.29, 1.82) is 0 Å². The first kappa shape index (κ1) is 15.3. The van der Waals surface area contributed by atoms with Crippen LogP contribution in [-0.4, -0.2) is 24.5 Å². The van der Waals surface area contributed by atoms with Crippen LogP contribution in [-0.2, 0) is 6.42 Å². The standard InChI is InChI=1S/C15H14ClFN2O2/c1-21-14-8-10(4-6-18-14)5-7-19-15(20)12-3-2-11(16)9-13(12)17/h2-4,6,8-9H,5,7H2,1H3,(H,19,20). The molecule has 110 valence electrons. The van der Waals surface area contributed by atoms with Crippen LogP contribution >= 0.6 is 11.6 Å². The molecule has 4 nitrogen and oxygen atoms in total. The van der Waals surface area contributed by atoms with E-state index in [-0.39, 0.29) is 10.6 Å². The number of methoxy groups -OCH3 is 1. The van der Waals surface area contributed by atoms with Crippen LogP contribution in [0.2, 0.25) is 5.02 Å². The normalized spacial score (nSPS) is 10.2. The number of aromatic nitrogens is 1. The topological polar surface area (TPSA) is 51.2 Å². The molecule has 0 aliphatic carbocycles. The van der Waals surface area contributed by atoms with E-state index < -0.39 is 11.7 Å². The number of hydrogen-bond donors (Lipinski definition) is 1. The fourth-order valence-electron chi connectivity index (χ4n) is 1.81. The third-order valence-corrected chi connectivity index (χ3v) is 3.12. The molecule has 1 amide bonds. The Morgan fingerprint density at radius 2 is 2.19 bits per heavy atom. The average molecular weight is 309 g/mol. The van der Waals surface area contributed by atoms with Crippen LogP contribution in [0.3, 0.4) is 0 Å². The van der Waals surface area contributed by atoms with Crippen molar-refractivity contribution in [3.8, 4) is 5.88 Å². The van der Waals surface area contributed by atoms with Crippen molar-refractivity contribution in [2.75, 3.05) is 13.7 Å². The number of hydrogen-bond acceptors (Lipinski definition) is 3. The minimum Gasteiger partial charge on any atom is -0.481 e. The molecule has 0 spiro atoms. The SMILES string of the molecule is COc1cc(CCNC(=O)c2ccc(Cl)cc2F)ccn1. The highest BCUT2D eigenvalue weighted by Crippen LogP contribution is 2.14. The van der Waals surface area contributed by atoms with Crippen molar-refractivity contribution in [3.05, 3.63) is 58.5 Å². The van der Waals surface area contributed by atoms with E-state index in [1.165, 1.54) is 19.2 Å². The number of carbonyl (C=O) groups excluding carboxylic acids is 1. The van der Waals surface area contributed by atoms with Crippen molar-refractivity contribution in [1.82, 2.24) is 10.3 Å². The summed E-state index contributed by atoms with van der Waals surface area (Å²) in [4.78, 5) is 15.9. The molecule has 1 heterocycles. The smallest absolute Gasteiger partial charge is 0.254 e. The van der Waals surface area contributed by atoms with E-state index in [0.717, 1.165) is 11.6 Å². The van der Waals surface area contributed by atoms with Gasteiger partial charge in [0.1, 0.15) is 5.82 Å². The van der Waals surface area contributed by atoms with Gasteiger partial charge in [-0.05, 0) is 36.2 Å². The molecule has 0 bridgehead atoms. The van der Waals surface area contributed by atoms with Gasteiger partial charge in [-0.1, -0.05) is 11.6 Å². The Balaban J connectivity index is 1.92. The van der Waals surface area contributed by atoms with Gasteiger partial charge in [-0.3, -0.25) is 4.79 Å². The molecule has 6 heteroatoms. The zero-order chi connectivity index (χ0) is 15.2. The van der Waals surface area contributed by atoms with Crippen LogP contribution in [0.15, 0.2) is 36.5 Å². The van der Waals surface area contributed by atoms with E-state index in [2.05, 4.69) is 10.3 Å². The summed E-state index contributed by atoms with van der Waals surface area (Å²) in [5.74, 6) is -0.585. The number of pyridine rings is 1. The van der Waals surface area contributed by atoms with E-state index >= 15 is 0 Å². The minimum absolute atomic E-state index is 0.0216. The van der Waals surface area contributed by atoms with Crippen LogP contribution in [0.25, 0.3) is 0 Å². The summed E-state index contributed by atoms with van der Waals surface area (Å²) in [6.07, 6.45) is 2.23. The van der Waals surface area contributed by atoms with Crippen molar-refractivity contribution in [2.24, 2.45) is 0 Å². The second kappa shape index (κ2) is 7.04. The number of halogens is 2. The van der Waals surface area contributed by atoms with Gasteiger partial charge >= 0.3 is 0 Å². The van der Waals surface area contributed by atoms with Crippen molar-refractivity contribution >= 4 is 17.5 Å². The summed E-state index contributed by atoms with van der Waals surface area (Å²) in [6, 6.07) is 7.58. The van der Waals surface area contributed by atoms with Crippen molar-refractivity contribution in [2.45, 2.75) is 6.42 Å². The second-order valence-corrected chi connectivity index (χ2v) is 4.77. The molecule has 2 aromatic rings. The molecule has 0 saturated heterocycles. The number of nitrogens with zero attached hydrogens (tertiary/aromatic N) is 1. The quantitative estimate of drug-likeness (QED) is 0.924. The Morgan fingerprint density at radius 1 is 1.38 bits per heavy atom. The van der Waals surface area contributed by atoms with Gasteiger partial charge in [0.05, 0.1) is 12.7 Å². The highest BCUT2D eigenvalue weighted by atomic mass is 35.5. The number of ether oxygens (including phenoxy) is 1. The highest BCUT2D eigenvalue weighted by molar-refractivity contribution is 6.30. The molecule has 0 unspecified atom stereocenters. The number of benzene rings is 1. The fraction of sp³-hybridized carbons (Fsp3) is 0.200. The predicted octanol–water partition coefficient (Wildman–Crippen LogP) is 2.86. The maximum Gasteiger partial charge on any atom is 0.254 e. The van der Waals surface area contributed by atoms with Gasteiger partial charge in [0.25, 0.3) is 5.91 Å². The van der Waals surface area contributed by atoms with Crippen LogP contribution in [0.4, 0.5) is 4.39 Å². The highest BCUT2D eigenvalue weighted by Gasteiger charge is 2.11. The van der Waals surface area contributed by atoms with Gasteiger partial charge in [-0.15, -0.1) is 0 Å². The average Bonchev–Trinajstić information content (AvgIpc) is 2.47. The molecule has 0 saturated carbocycles. The Bertz CT molecular complexity index is 649. The first-order valence-electron chi connectivity index (χ1n) is 6.32. The molecule has 0 atom stereocenters. The third-order valence-electron chi connectivity index (χ3n) is 2.88. The molecular weight excluding hydrogens is 295 g/mol. The Morgan fingerprint density at radius 3 is 2.90 bits per heavy atom. The first-order valence-corrected chi connectivity index (χ1v) is 6.70. The fourth-order valence-corrected chi connectivity index (χ4v) is 1.97. The number of carbonyl (C=O) groups is 1. The third kappa shape index (κ3) is 4.16. The minimum atomic E-state index is -0.634. The first-order chi connectivity index (χ1) is 10.1. The monoisotopic (exact) mass is 308 g/mol. The molecule has 0 aliphatic rings. The number of amides is 1. The largest absolute Gasteiger partial charge is 0.481 e. The Hall–Kier alpha value is -2.14. The van der Waals surface area contributed by atoms with Crippen LogP contribution in [0.5, 0.6) is 5.88 Å². The zero-order valence-electron chi connectivity index (χ0n) is 11.4. The van der Waals surface area contributed by atoms with E-state index in [1.54, 1.807) is 12.3 Å². The van der Waals surface area contributed by atoms with E-state index in [1.807, 2.05) is 6.07 Å². The Kier molecular flexibility index (Phi) is 5.11. The van der Waals surface area contributed by atoms with Gasteiger partial charge in [-0.25, -0.2) is 9.37 Å². The maximum atomic E-state index is 13.6. The predicted molar refractivity (Wildman–Crippen MR) is 78.2 cm³/mol. The lowest BCUT2D eigenvalue weighted by Crippen LogP contribution is -2.26. The summed E-state index contributed by atoms with van der Waals surface area (Å²) in [5, 5.41) is 2.92. The summed E-state index contributed by atoms with van der Waals surface area (Å²) >= 11 is 5.65. The lowest BCUT2D eigenvalue weighted by Gasteiger charge is -2.07. The molecule has 1 N–H and O–H groups in total. The number of nitrogens with one attached hydrogen (secondary N) is 1. The van der Waals surface area contributed by atoms with Crippen LogP contribution in [0, 0.1) is 5.82 Å². The van der Waals surface area contributed by atoms with Crippen LogP contribution in [0.1, 0.15) is 15.9 Å². The molecule has 0 radical (unpaired) electrons. The van der Waals surface area contributed by atoms with E-state index in [0.29, 0.717) is 18.8 Å². The van der Waals surface area contributed by atoms with Gasteiger partial charge in [0.15, 0.2) is 0 Å². The molecule has 0 aliphatic heterocycles. The number of rotatable bonds is 5. The Labute approximate surface area is 126 Å². The van der Waals surface area contributed by atoms with Crippen molar-refractivity contribution in [3.63, 3.8) is 0 Å². The molecule has 1 aromatic heterocycles. The summed E-state index contributed by atoms with van der Waals surface area (Å²) in [7, 11) is 1.54.